The Kier molecular flexibility index (Phi) is 2.01. The number of methoxy groups -OCH3 is 1. The molecule has 0 saturated carbocycles. The van der Waals surface area contributed by atoms with Crippen molar-refractivity contribution in [1.82, 2.24) is 10.5 Å². The zero-order valence-corrected chi connectivity index (χ0v) is 6.51. The second-order valence-corrected chi connectivity index (χ2v) is 2.18. The Labute approximate surface area is 64.1 Å². The van der Waals surface area contributed by atoms with Crippen LogP contribution < -0.4 is 5.43 Å². The quantitative estimate of drug-likeness (QED) is 0.525. The molecular formula is C5H8ClN3O. The predicted octanol–water partition coefficient (Wildman–Crippen LogP) is 0.476. The van der Waals surface area contributed by atoms with Crippen molar-refractivity contribution in [3.8, 4) is 0 Å². The first-order valence-electron chi connectivity index (χ1n) is 2.72. The van der Waals surface area contributed by atoms with E-state index in [0.717, 1.165) is 0 Å². The van der Waals surface area contributed by atoms with E-state index in [1.165, 1.54) is 5.12 Å². The maximum atomic E-state index is 5.63. The Bertz CT molecular complexity index is 189. The van der Waals surface area contributed by atoms with Crippen molar-refractivity contribution < 1.29 is 4.74 Å². The average molecular weight is 162 g/mol. The molecule has 5 heteroatoms. The van der Waals surface area contributed by atoms with Gasteiger partial charge >= 0.3 is 0 Å². The van der Waals surface area contributed by atoms with E-state index in [2.05, 4.69) is 10.5 Å². The molecule has 1 aliphatic rings. The third-order valence-corrected chi connectivity index (χ3v) is 1.17. The molecule has 10 heavy (non-hydrogen) atoms. The summed E-state index contributed by atoms with van der Waals surface area (Å²) in [4.78, 5) is 0. The topological polar surface area (TPSA) is 36.9 Å². The van der Waals surface area contributed by atoms with Crippen LogP contribution >= 0.6 is 11.6 Å². The van der Waals surface area contributed by atoms with Gasteiger partial charge < -0.3 is 4.74 Å². The molecule has 0 saturated heterocycles. The number of hydrogen-bond acceptors (Lipinski definition) is 4. The summed E-state index contributed by atoms with van der Waals surface area (Å²) in [6.07, 6.45) is 1.60. The van der Waals surface area contributed by atoms with Gasteiger partial charge in [0.25, 0.3) is 0 Å². The standard InChI is InChI=1S/C5H8ClN3O/c1-9-7-4(6)3-5(8-9)10-2/h3,7H,1-2H3. The summed E-state index contributed by atoms with van der Waals surface area (Å²) in [5.74, 6) is 0.492. The van der Waals surface area contributed by atoms with Crippen LogP contribution in [0.1, 0.15) is 0 Å². The maximum Gasteiger partial charge on any atom is 0.235 e. The van der Waals surface area contributed by atoms with Gasteiger partial charge in [0.15, 0.2) is 0 Å². The summed E-state index contributed by atoms with van der Waals surface area (Å²) in [5, 5.41) is 5.88. The van der Waals surface area contributed by atoms with E-state index < -0.39 is 0 Å². The van der Waals surface area contributed by atoms with Crippen LogP contribution in [0.25, 0.3) is 0 Å². The highest BCUT2D eigenvalue weighted by Gasteiger charge is 2.06. The summed E-state index contributed by atoms with van der Waals surface area (Å²) < 4.78 is 4.84. The molecule has 0 aromatic heterocycles. The maximum absolute atomic E-state index is 5.63. The number of hydrogen-bond donors (Lipinski definition) is 1. The molecule has 4 nitrogen and oxygen atoms in total. The van der Waals surface area contributed by atoms with Crippen LogP contribution in [0.5, 0.6) is 0 Å². The molecule has 0 aromatic carbocycles. The summed E-state index contributed by atoms with van der Waals surface area (Å²) >= 11 is 5.63. The van der Waals surface area contributed by atoms with Crippen LogP contribution in [0.3, 0.4) is 0 Å². The van der Waals surface area contributed by atoms with E-state index in [9.17, 15) is 0 Å². The molecule has 0 atom stereocenters. The molecule has 0 radical (unpaired) electrons. The Hall–Kier alpha value is -0.900. The third kappa shape index (κ3) is 1.54. The molecule has 1 heterocycles. The predicted molar refractivity (Wildman–Crippen MR) is 39.3 cm³/mol. The number of hydrazine groups is 1. The van der Waals surface area contributed by atoms with Gasteiger partial charge in [-0.3, -0.25) is 5.43 Å². The van der Waals surface area contributed by atoms with Gasteiger partial charge in [-0.1, -0.05) is 11.6 Å². The van der Waals surface area contributed by atoms with Gasteiger partial charge in [0.1, 0.15) is 5.16 Å². The minimum atomic E-state index is 0.492. The van der Waals surface area contributed by atoms with E-state index in [1.54, 1.807) is 20.2 Å². The van der Waals surface area contributed by atoms with Gasteiger partial charge in [0, 0.05) is 13.1 Å². The van der Waals surface area contributed by atoms with Crippen molar-refractivity contribution in [1.29, 1.82) is 0 Å². The minimum absolute atomic E-state index is 0.492. The molecule has 0 amide bonds. The zero-order chi connectivity index (χ0) is 7.56. The molecule has 0 aromatic rings. The van der Waals surface area contributed by atoms with Gasteiger partial charge in [-0.05, 0) is 0 Å². The lowest BCUT2D eigenvalue weighted by atomic mass is 10.6. The lowest BCUT2D eigenvalue weighted by Gasteiger charge is -2.19. The largest absolute Gasteiger partial charge is 0.480 e. The van der Waals surface area contributed by atoms with Gasteiger partial charge in [0.2, 0.25) is 5.90 Å². The van der Waals surface area contributed by atoms with E-state index in [4.69, 9.17) is 16.3 Å². The van der Waals surface area contributed by atoms with Crippen LogP contribution in [-0.4, -0.2) is 25.2 Å². The first kappa shape index (κ1) is 7.21. The van der Waals surface area contributed by atoms with Crippen LogP contribution in [0, 0.1) is 0 Å². The summed E-state index contributed by atoms with van der Waals surface area (Å²) in [6, 6.07) is 0. The van der Waals surface area contributed by atoms with Crippen LogP contribution in [0.15, 0.2) is 16.3 Å². The smallest absolute Gasteiger partial charge is 0.235 e. The van der Waals surface area contributed by atoms with Crippen molar-refractivity contribution >= 4 is 17.5 Å². The molecule has 0 unspecified atom stereocenters. The van der Waals surface area contributed by atoms with Crippen molar-refractivity contribution in [2.45, 2.75) is 0 Å². The second-order valence-electron chi connectivity index (χ2n) is 1.77. The molecule has 0 fully saturated rings. The van der Waals surface area contributed by atoms with E-state index in [1.807, 2.05) is 0 Å². The number of halogens is 1. The molecule has 0 spiro atoms. The van der Waals surface area contributed by atoms with Crippen molar-refractivity contribution in [2.24, 2.45) is 5.10 Å². The summed E-state index contributed by atoms with van der Waals surface area (Å²) in [6.45, 7) is 0. The van der Waals surface area contributed by atoms with Crippen LogP contribution in [0.2, 0.25) is 0 Å². The first-order valence-corrected chi connectivity index (χ1v) is 3.10. The van der Waals surface area contributed by atoms with Gasteiger partial charge in [-0.25, -0.2) is 5.12 Å². The molecule has 1 aliphatic heterocycles. The number of hydrazone groups is 1. The minimum Gasteiger partial charge on any atom is -0.480 e. The number of nitrogens with one attached hydrogen (secondary N) is 1. The fraction of sp³-hybridized carbons (Fsp3) is 0.400. The van der Waals surface area contributed by atoms with Crippen LogP contribution in [-0.2, 0) is 4.74 Å². The normalized spacial score (nSPS) is 17.3. The average Bonchev–Trinajstić information content (AvgIpc) is 1.85. The third-order valence-electron chi connectivity index (χ3n) is 0.977. The van der Waals surface area contributed by atoms with E-state index in [0.29, 0.717) is 11.1 Å². The summed E-state index contributed by atoms with van der Waals surface area (Å²) in [7, 11) is 3.27. The SMILES string of the molecule is COC1=NN(C)NC(Cl)=C1. The fourth-order valence-electron chi connectivity index (χ4n) is 0.597. The Morgan fingerprint density at radius 2 is 2.50 bits per heavy atom. The monoisotopic (exact) mass is 161 g/mol. The fourth-order valence-corrected chi connectivity index (χ4v) is 0.812. The molecule has 56 valence electrons. The second kappa shape index (κ2) is 2.79. The van der Waals surface area contributed by atoms with Crippen molar-refractivity contribution in [2.75, 3.05) is 14.2 Å². The molecule has 1 rings (SSSR count). The van der Waals surface area contributed by atoms with Gasteiger partial charge in [-0.2, -0.15) is 0 Å². The van der Waals surface area contributed by atoms with Gasteiger partial charge in [-0.15, -0.1) is 5.10 Å². The van der Waals surface area contributed by atoms with E-state index in [-0.39, 0.29) is 0 Å². The highest BCUT2D eigenvalue weighted by Crippen LogP contribution is 2.03. The molecule has 0 aliphatic carbocycles. The molecule has 0 bridgehead atoms. The highest BCUT2D eigenvalue weighted by molar-refractivity contribution is 6.30. The molecular weight excluding hydrogens is 154 g/mol. The number of ether oxygens (including phenoxy) is 1. The lowest BCUT2D eigenvalue weighted by Crippen LogP contribution is -2.32. The lowest BCUT2D eigenvalue weighted by molar-refractivity contribution is 0.263. The van der Waals surface area contributed by atoms with Gasteiger partial charge in [0.05, 0.1) is 7.11 Å². The van der Waals surface area contributed by atoms with Crippen LogP contribution in [0.4, 0.5) is 0 Å². The van der Waals surface area contributed by atoms with Crippen molar-refractivity contribution in [3.05, 3.63) is 11.2 Å². The number of rotatable bonds is 0. The summed E-state index contributed by atoms with van der Waals surface area (Å²) in [5.41, 5.74) is 2.74. The van der Waals surface area contributed by atoms with E-state index >= 15 is 0 Å². The Balaban J connectivity index is 2.72. The highest BCUT2D eigenvalue weighted by atomic mass is 35.5. The Morgan fingerprint density at radius 3 is 3.00 bits per heavy atom. The number of nitrogens with zero attached hydrogens (tertiary/aromatic N) is 2. The Morgan fingerprint density at radius 1 is 1.80 bits per heavy atom. The zero-order valence-electron chi connectivity index (χ0n) is 5.76. The molecule has 1 N–H and O–H groups in total. The van der Waals surface area contributed by atoms with Crippen molar-refractivity contribution in [3.63, 3.8) is 0 Å². The first-order chi connectivity index (χ1) is 4.72.